The van der Waals surface area contributed by atoms with Crippen LogP contribution in [0, 0.1) is 5.92 Å². The fourth-order valence-corrected chi connectivity index (χ4v) is 1.96. The maximum Gasteiger partial charge on any atom is 0.325 e. The zero-order valence-corrected chi connectivity index (χ0v) is 12.6. The summed E-state index contributed by atoms with van der Waals surface area (Å²) in [7, 11) is 0. The summed E-state index contributed by atoms with van der Waals surface area (Å²) in [5.74, 6) is -1.24. The van der Waals surface area contributed by atoms with Crippen LogP contribution in [0.25, 0.3) is 0 Å². The minimum Gasteiger partial charge on any atom is -0.480 e. The lowest BCUT2D eigenvalue weighted by atomic mass is 10.0. The second-order valence-electron chi connectivity index (χ2n) is 5.38. The molecule has 2 N–H and O–H groups in total. The summed E-state index contributed by atoms with van der Waals surface area (Å²) >= 11 is 0. The first kappa shape index (κ1) is 17.9. The van der Waals surface area contributed by atoms with Gasteiger partial charge in [0.1, 0.15) is 6.04 Å². The van der Waals surface area contributed by atoms with E-state index in [0.29, 0.717) is 0 Å². The molecular weight excluding hydrogens is 242 g/mol. The molecule has 4 nitrogen and oxygen atoms in total. The molecule has 0 aromatic rings. The molecular formula is C15H29NO3. The molecule has 0 aromatic carbocycles. The van der Waals surface area contributed by atoms with Crippen LogP contribution in [0.3, 0.4) is 0 Å². The summed E-state index contributed by atoms with van der Waals surface area (Å²) < 4.78 is 0. The molecule has 0 rings (SSSR count). The van der Waals surface area contributed by atoms with Crippen molar-refractivity contribution in [2.45, 2.75) is 78.2 Å². The maximum absolute atomic E-state index is 11.7. The zero-order chi connectivity index (χ0) is 14.7. The van der Waals surface area contributed by atoms with Crippen molar-refractivity contribution in [3.8, 4) is 0 Å². The number of carboxylic acid groups (broad SMARTS) is 1. The van der Waals surface area contributed by atoms with E-state index in [1.807, 2.05) is 6.92 Å². The van der Waals surface area contributed by atoms with Crippen molar-refractivity contribution in [1.82, 2.24) is 5.32 Å². The van der Waals surface area contributed by atoms with Gasteiger partial charge < -0.3 is 10.4 Å². The molecule has 0 spiro atoms. The van der Waals surface area contributed by atoms with E-state index in [4.69, 9.17) is 5.11 Å². The molecule has 0 bridgehead atoms. The van der Waals surface area contributed by atoms with E-state index >= 15 is 0 Å². The molecule has 4 heteroatoms. The Balaban J connectivity index is 3.60. The molecule has 0 aliphatic carbocycles. The lowest BCUT2D eigenvalue weighted by molar-refractivity contribution is -0.141. The first-order valence-corrected chi connectivity index (χ1v) is 7.52. The average Bonchev–Trinajstić information content (AvgIpc) is 2.37. The van der Waals surface area contributed by atoms with E-state index in [0.717, 1.165) is 19.3 Å². The highest BCUT2D eigenvalue weighted by Gasteiger charge is 2.18. The van der Waals surface area contributed by atoms with E-state index in [9.17, 15) is 9.59 Å². The number of hydrogen-bond acceptors (Lipinski definition) is 2. The third kappa shape index (κ3) is 9.51. The Morgan fingerprint density at radius 1 is 1.00 bits per heavy atom. The minimum atomic E-state index is -0.989. The molecule has 0 saturated heterocycles. The molecule has 19 heavy (non-hydrogen) atoms. The predicted octanol–water partition coefficient (Wildman–Crippen LogP) is 3.35. The summed E-state index contributed by atoms with van der Waals surface area (Å²) in [6, 6.07) is -0.802. The van der Waals surface area contributed by atoms with Gasteiger partial charge in [0.25, 0.3) is 0 Å². The maximum atomic E-state index is 11.7. The van der Waals surface area contributed by atoms with Crippen LogP contribution >= 0.6 is 0 Å². The first-order valence-electron chi connectivity index (χ1n) is 7.52. The van der Waals surface area contributed by atoms with Crippen LogP contribution in [0.4, 0.5) is 0 Å². The Hall–Kier alpha value is -1.06. The van der Waals surface area contributed by atoms with Crippen LogP contribution in [-0.4, -0.2) is 23.0 Å². The van der Waals surface area contributed by atoms with Gasteiger partial charge in [0.15, 0.2) is 0 Å². The first-order chi connectivity index (χ1) is 8.99. The predicted molar refractivity (Wildman–Crippen MR) is 77.0 cm³/mol. The number of aliphatic carboxylic acids is 1. The standard InChI is InChI=1S/C15H29NO3/c1-4-5-6-7-8-9-10-11-12(2)14(17)16-13(3)15(18)19/h12-13H,4-11H2,1-3H3,(H,16,17)(H,18,19). The van der Waals surface area contributed by atoms with Gasteiger partial charge in [0, 0.05) is 5.92 Å². The molecule has 1 amide bonds. The fraction of sp³-hybridized carbons (Fsp3) is 0.867. The van der Waals surface area contributed by atoms with E-state index in [1.54, 1.807) is 0 Å². The number of carboxylic acids is 1. The van der Waals surface area contributed by atoms with Crippen LogP contribution in [0.15, 0.2) is 0 Å². The largest absolute Gasteiger partial charge is 0.480 e. The molecule has 0 aromatic heterocycles. The van der Waals surface area contributed by atoms with Crippen molar-refractivity contribution in [2.24, 2.45) is 5.92 Å². The van der Waals surface area contributed by atoms with Gasteiger partial charge in [-0.25, -0.2) is 0 Å². The number of carbonyl (C=O) groups is 2. The Morgan fingerprint density at radius 3 is 2.05 bits per heavy atom. The monoisotopic (exact) mass is 271 g/mol. The Labute approximate surface area is 117 Å². The number of rotatable bonds is 11. The highest BCUT2D eigenvalue weighted by Crippen LogP contribution is 2.12. The number of carbonyl (C=O) groups excluding carboxylic acids is 1. The van der Waals surface area contributed by atoms with Crippen LogP contribution in [0.5, 0.6) is 0 Å². The average molecular weight is 271 g/mol. The molecule has 0 aliphatic rings. The molecule has 0 fully saturated rings. The van der Waals surface area contributed by atoms with Crippen LogP contribution in [-0.2, 0) is 9.59 Å². The van der Waals surface area contributed by atoms with Crippen molar-refractivity contribution in [1.29, 1.82) is 0 Å². The summed E-state index contributed by atoms with van der Waals surface area (Å²) in [5, 5.41) is 11.2. The third-order valence-electron chi connectivity index (χ3n) is 3.42. The topological polar surface area (TPSA) is 66.4 Å². The van der Waals surface area contributed by atoms with Gasteiger partial charge in [-0.3, -0.25) is 9.59 Å². The lowest BCUT2D eigenvalue weighted by Crippen LogP contribution is -2.41. The summed E-state index contributed by atoms with van der Waals surface area (Å²) in [6.07, 6.45) is 9.45. The zero-order valence-electron chi connectivity index (χ0n) is 12.6. The van der Waals surface area contributed by atoms with Gasteiger partial charge in [-0.1, -0.05) is 58.8 Å². The lowest BCUT2D eigenvalue weighted by Gasteiger charge is -2.14. The van der Waals surface area contributed by atoms with Gasteiger partial charge in [0.2, 0.25) is 5.91 Å². The molecule has 2 atom stereocenters. The quantitative estimate of drug-likeness (QED) is 0.566. The van der Waals surface area contributed by atoms with Gasteiger partial charge in [-0.15, -0.1) is 0 Å². The van der Waals surface area contributed by atoms with Crippen molar-refractivity contribution >= 4 is 11.9 Å². The van der Waals surface area contributed by atoms with Crippen molar-refractivity contribution in [2.75, 3.05) is 0 Å². The Kier molecular flexibility index (Phi) is 10.2. The minimum absolute atomic E-state index is 0.0996. The van der Waals surface area contributed by atoms with E-state index < -0.39 is 12.0 Å². The smallest absolute Gasteiger partial charge is 0.325 e. The molecule has 112 valence electrons. The van der Waals surface area contributed by atoms with Crippen molar-refractivity contribution in [3.05, 3.63) is 0 Å². The molecule has 0 saturated carbocycles. The highest BCUT2D eigenvalue weighted by atomic mass is 16.4. The summed E-state index contributed by atoms with van der Waals surface area (Å²) in [4.78, 5) is 22.3. The SMILES string of the molecule is CCCCCCCCCC(C)C(=O)NC(C)C(=O)O. The second-order valence-corrected chi connectivity index (χ2v) is 5.38. The Bertz CT molecular complexity index is 266. The van der Waals surface area contributed by atoms with E-state index in [1.165, 1.54) is 39.0 Å². The van der Waals surface area contributed by atoms with Crippen LogP contribution in [0.2, 0.25) is 0 Å². The molecule has 2 unspecified atom stereocenters. The van der Waals surface area contributed by atoms with Crippen LogP contribution in [0.1, 0.15) is 72.1 Å². The van der Waals surface area contributed by atoms with E-state index in [-0.39, 0.29) is 11.8 Å². The van der Waals surface area contributed by atoms with Crippen molar-refractivity contribution in [3.63, 3.8) is 0 Å². The van der Waals surface area contributed by atoms with Crippen molar-refractivity contribution < 1.29 is 14.7 Å². The number of hydrogen-bond donors (Lipinski definition) is 2. The van der Waals surface area contributed by atoms with Gasteiger partial charge in [-0.2, -0.15) is 0 Å². The van der Waals surface area contributed by atoms with Crippen LogP contribution < -0.4 is 5.32 Å². The van der Waals surface area contributed by atoms with Gasteiger partial charge in [-0.05, 0) is 13.3 Å². The summed E-state index contributed by atoms with van der Waals surface area (Å²) in [6.45, 7) is 5.56. The van der Waals surface area contributed by atoms with Gasteiger partial charge >= 0.3 is 5.97 Å². The third-order valence-corrected chi connectivity index (χ3v) is 3.42. The second kappa shape index (κ2) is 10.8. The highest BCUT2D eigenvalue weighted by molar-refractivity contribution is 5.84. The number of amides is 1. The van der Waals surface area contributed by atoms with E-state index in [2.05, 4.69) is 12.2 Å². The molecule has 0 aliphatic heterocycles. The van der Waals surface area contributed by atoms with Gasteiger partial charge in [0.05, 0.1) is 0 Å². The summed E-state index contributed by atoms with van der Waals surface area (Å²) in [5.41, 5.74) is 0. The molecule has 0 radical (unpaired) electrons. The molecule has 0 heterocycles. The number of nitrogens with one attached hydrogen (secondary N) is 1. The fourth-order valence-electron chi connectivity index (χ4n) is 1.96. The Morgan fingerprint density at radius 2 is 1.53 bits per heavy atom. The normalized spacial score (nSPS) is 13.8. The number of unbranched alkanes of at least 4 members (excludes halogenated alkanes) is 6.